The molecular weight excluding hydrogens is 364 g/mol. The van der Waals surface area contributed by atoms with E-state index in [-0.39, 0.29) is 11.0 Å². The number of rotatable bonds is 4. The van der Waals surface area contributed by atoms with Crippen LogP contribution in [0.1, 0.15) is 52.7 Å². The van der Waals surface area contributed by atoms with Crippen LogP contribution in [-0.2, 0) is 20.9 Å². The van der Waals surface area contributed by atoms with E-state index in [2.05, 4.69) is 4.74 Å². The number of hydrogen-bond donors (Lipinski definition) is 1. The predicted octanol–water partition coefficient (Wildman–Crippen LogP) is 4.73. The zero-order valence-corrected chi connectivity index (χ0v) is 15.6. The van der Waals surface area contributed by atoms with Gasteiger partial charge in [-0.3, -0.25) is 4.55 Å². The SMILES string of the molecule is CC(C)(C)c1ccc(OC(F)(F)C(F)(F)S(=O)(=O)O)c(C(C)(C)C)c1. The molecule has 0 atom stereocenters. The fourth-order valence-electron chi connectivity index (χ4n) is 2.02. The first kappa shape index (κ1) is 21.7. The molecule has 0 aliphatic rings. The van der Waals surface area contributed by atoms with E-state index < -0.39 is 32.6 Å². The molecule has 0 heterocycles. The molecular formula is C16H22F4O4S. The van der Waals surface area contributed by atoms with Crippen LogP contribution < -0.4 is 4.74 Å². The van der Waals surface area contributed by atoms with Gasteiger partial charge < -0.3 is 4.74 Å². The molecule has 0 aromatic heterocycles. The van der Waals surface area contributed by atoms with Crippen LogP contribution in [0.25, 0.3) is 0 Å². The van der Waals surface area contributed by atoms with Crippen molar-refractivity contribution in [3.05, 3.63) is 29.3 Å². The minimum absolute atomic E-state index is 0.200. The number of alkyl halides is 4. The third-order valence-electron chi connectivity index (χ3n) is 3.55. The molecule has 1 N–H and O–H groups in total. The smallest absolute Gasteiger partial charge is 0.427 e. The summed E-state index contributed by atoms with van der Waals surface area (Å²) >= 11 is 0. The normalized spacial score (nSPS) is 14.5. The van der Waals surface area contributed by atoms with Crippen molar-refractivity contribution in [2.45, 2.75) is 63.7 Å². The summed E-state index contributed by atoms with van der Waals surface area (Å²) in [7, 11) is -6.37. The van der Waals surface area contributed by atoms with Gasteiger partial charge in [0.05, 0.1) is 0 Å². The van der Waals surface area contributed by atoms with Crippen LogP contribution in [0.4, 0.5) is 17.6 Å². The fourth-order valence-corrected chi connectivity index (χ4v) is 2.36. The fraction of sp³-hybridized carbons (Fsp3) is 0.625. The maximum atomic E-state index is 13.8. The lowest BCUT2D eigenvalue weighted by Crippen LogP contribution is -2.50. The molecule has 0 fully saturated rings. The van der Waals surface area contributed by atoms with Crippen LogP contribution in [0.15, 0.2) is 18.2 Å². The molecule has 1 rings (SSSR count). The number of halogens is 4. The first-order valence-corrected chi connectivity index (χ1v) is 8.81. The van der Waals surface area contributed by atoms with Crippen LogP contribution in [0, 0.1) is 0 Å². The second-order valence-electron chi connectivity index (χ2n) is 7.82. The minimum Gasteiger partial charge on any atom is -0.427 e. The van der Waals surface area contributed by atoms with E-state index in [0.29, 0.717) is 0 Å². The van der Waals surface area contributed by atoms with Gasteiger partial charge in [-0.25, -0.2) is 0 Å². The number of hydrogen-bond acceptors (Lipinski definition) is 3. The third kappa shape index (κ3) is 4.44. The highest BCUT2D eigenvalue weighted by atomic mass is 32.2. The van der Waals surface area contributed by atoms with Crippen molar-refractivity contribution in [2.24, 2.45) is 0 Å². The molecule has 0 saturated carbocycles. The van der Waals surface area contributed by atoms with Gasteiger partial charge >= 0.3 is 21.5 Å². The molecule has 0 radical (unpaired) electrons. The minimum atomic E-state index is -6.37. The Balaban J connectivity index is 3.49. The van der Waals surface area contributed by atoms with Gasteiger partial charge in [-0.2, -0.15) is 26.0 Å². The topological polar surface area (TPSA) is 63.6 Å². The predicted molar refractivity (Wildman–Crippen MR) is 85.9 cm³/mol. The van der Waals surface area contributed by atoms with Crippen LogP contribution in [0.2, 0.25) is 0 Å². The first-order chi connectivity index (χ1) is 10.8. The summed E-state index contributed by atoms with van der Waals surface area (Å²) in [6.07, 6.45) is -5.45. The third-order valence-corrected chi connectivity index (χ3v) is 4.44. The maximum Gasteiger partial charge on any atom is 0.483 e. The van der Waals surface area contributed by atoms with Crippen molar-refractivity contribution in [1.82, 2.24) is 0 Å². The molecule has 0 saturated heterocycles. The van der Waals surface area contributed by atoms with Gasteiger partial charge in [0.2, 0.25) is 0 Å². The Labute approximate surface area is 144 Å². The van der Waals surface area contributed by atoms with Gasteiger partial charge in [0.25, 0.3) is 0 Å². The van der Waals surface area contributed by atoms with Crippen LogP contribution in [0.3, 0.4) is 0 Å². The quantitative estimate of drug-likeness (QED) is 0.600. The highest BCUT2D eigenvalue weighted by Crippen LogP contribution is 2.43. The molecule has 0 aliphatic carbocycles. The molecule has 0 amide bonds. The standard InChI is InChI=1S/C16H22F4O4S/c1-13(2,3)10-7-8-12(11(9-10)14(4,5)6)24-15(17,18)16(19,20)25(21,22)23/h7-9H,1-6H3,(H,21,22,23). The van der Waals surface area contributed by atoms with Crippen molar-refractivity contribution in [3.63, 3.8) is 0 Å². The Morgan fingerprint density at radius 3 is 1.76 bits per heavy atom. The van der Waals surface area contributed by atoms with E-state index >= 15 is 0 Å². The molecule has 1 aromatic carbocycles. The molecule has 144 valence electrons. The Bertz CT molecular complexity index is 744. The lowest BCUT2D eigenvalue weighted by molar-refractivity contribution is -0.274. The Hall–Kier alpha value is -1.35. The van der Waals surface area contributed by atoms with E-state index in [0.717, 1.165) is 11.6 Å². The van der Waals surface area contributed by atoms with Gasteiger partial charge in [0.1, 0.15) is 5.75 Å². The Kier molecular flexibility index (Phi) is 5.31. The zero-order valence-electron chi connectivity index (χ0n) is 14.8. The molecule has 9 heteroatoms. The average Bonchev–Trinajstić information content (AvgIpc) is 2.34. The van der Waals surface area contributed by atoms with Gasteiger partial charge in [0.15, 0.2) is 0 Å². The second-order valence-corrected chi connectivity index (χ2v) is 9.28. The van der Waals surface area contributed by atoms with Crippen LogP contribution in [0.5, 0.6) is 5.75 Å². The average molecular weight is 386 g/mol. The molecule has 1 aromatic rings. The molecule has 0 unspecified atom stereocenters. The van der Waals surface area contributed by atoms with Crippen LogP contribution >= 0.6 is 0 Å². The van der Waals surface area contributed by atoms with Crippen molar-refractivity contribution in [3.8, 4) is 5.75 Å². The van der Waals surface area contributed by atoms with E-state index in [9.17, 15) is 26.0 Å². The highest BCUT2D eigenvalue weighted by Gasteiger charge is 2.69. The Morgan fingerprint density at radius 2 is 1.40 bits per heavy atom. The molecule has 0 bridgehead atoms. The Morgan fingerprint density at radius 1 is 0.920 bits per heavy atom. The molecule has 0 aliphatic heterocycles. The summed E-state index contributed by atoms with van der Waals surface area (Å²) in [6.45, 7) is 10.7. The van der Waals surface area contributed by atoms with Crippen molar-refractivity contribution < 1.29 is 35.3 Å². The van der Waals surface area contributed by atoms with E-state index in [1.165, 1.54) is 6.07 Å². The summed E-state index contributed by atoms with van der Waals surface area (Å²) in [5.41, 5.74) is -0.125. The van der Waals surface area contributed by atoms with Crippen molar-refractivity contribution in [1.29, 1.82) is 0 Å². The lowest BCUT2D eigenvalue weighted by atomic mass is 9.80. The number of ether oxygens (including phenoxy) is 1. The van der Waals surface area contributed by atoms with E-state index in [1.54, 1.807) is 26.8 Å². The maximum absolute atomic E-state index is 13.8. The second kappa shape index (κ2) is 6.12. The van der Waals surface area contributed by atoms with Gasteiger partial charge in [0, 0.05) is 5.56 Å². The van der Waals surface area contributed by atoms with Crippen molar-refractivity contribution in [2.75, 3.05) is 0 Å². The summed E-state index contributed by atoms with van der Waals surface area (Å²) in [5, 5.41) is -5.79. The van der Waals surface area contributed by atoms with Crippen LogP contribution in [-0.4, -0.2) is 24.3 Å². The zero-order chi connectivity index (χ0) is 20.1. The largest absolute Gasteiger partial charge is 0.483 e. The van der Waals surface area contributed by atoms with Crippen molar-refractivity contribution >= 4 is 10.1 Å². The summed E-state index contributed by atoms with van der Waals surface area (Å²) in [6, 6.07) is 4.08. The summed E-state index contributed by atoms with van der Waals surface area (Å²) in [4.78, 5) is 0. The molecule has 0 spiro atoms. The summed E-state index contributed by atoms with van der Waals surface area (Å²) < 4.78 is 88.0. The van der Waals surface area contributed by atoms with E-state index in [1.807, 2.05) is 20.8 Å². The monoisotopic (exact) mass is 386 g/mol. The molecule has 4 nitrogen and oxygen atoms in total. The number of benzene rings is 1. The summed E-state index contributed by atoms with van der Waals surface area (Å²) in [5.74, 6) is -0.589. The highest BCUT2D eigenvalue weighted by molar-refractivity contribution is 7.86. The molecule has 25 heavy (non-hydrogen) atoms. The van der Waals surface area contributed by atoms with Gasteiger partial charge in [-0.15, -0.1) is 0 Å². The van der Waals surface area contributed by atoms with Gasteiger partial charge in [-0.1, -0.05) is 53.7 Å². The first-order valence-electron chi connectivity index (χ1n) is 7.37. The lowest BCUT2D eigenvalue weighted by Gasteiger charge is -2.30. The van der Waals surface area contributed by atoms with E-state index in [4.69, 9.17) is 4.55 Å². The van der Waals surface area contributed by atoms with Gasteiger partial charge in [-0.05, 0) is 22.5 Å².